The molecule has 0 radical (unpaired) electrons. The van der Waals surface area contributed by atoms with Gasteiger partial charge in [0, 0.05) is 16.9 Å². The maximum absolute atomic E-state index is 12.8. The second-order valence-electron chi connectivity index (χ2n) is 5.64. The van der Waals surface area contributed by atoms with Crippen LogP contribution in [0.5, 0.6) is 5.75 Å². The number of carbonyl (C=O) groups excluding carboxylic acids is 1. The molecule has 0 unspecified atom stereocenters. The van der Waals surface area contributed by atoms with Crippen LogP contribution in [0.25, 0.3) is 11.0 Å². The number of thioether (sulfide) groups is 1. The standard InChI is InChI=1S/C18H15F3N2O2S.ClH/c1-10(24)11-3-6-16(25-2)12(7-11)9-26-17-22-14-5-4-13(18(19,20)21)8-15(14)23-17;/h3-8H,9H2,1-2H3,(H,22,23);1H/p-1. The predicted octanol–water partition coefficient (Wildman–Crippen LogP) is 2.09. The molecule has 0 amide bonds. The fourth-order valence-electron chi connectivity index (χ4n) is 2.49. The Bertz CT molecular complexity index is 973. The monoisotopic (exact) mass is 415 g/mol. The van der Waals surface area contributed by atoms with Crippen LogP contribution in [-0.2, 0) is 11.9 Å². The zero-order valence-electron chi connectivity index (χ0n) is 14.4. The Morgan fingerprint density at radius 3 is 2.59 bits per heavy atom. The van der Waals surface area contributed by atoms with Crippen LogP contribution in [0.3, 0.4) is 0 Å². The van der Waals surface area contributed by atoms with Gasteiger partial charge in [0.2, 0.25) is 0 Å². The van der Waals surface area contributed by atoms with Crippen molar-refractivity contribution in [2.24, 2.45) is 0 Å². The lowest BCUT2D eigenvalue weighted by atomic mass is 10.1. The lowest BCUT2D eigenvalue weighted by Gasteiger charge is -2.08. The van der Waals surface area contributed by atoms with Crippen molar-refractivity contribution in [1.82, 2.24) is 9.97 Å². The summed E-state index contributed by atoms with van der Waals surface area (Å²) in [4.78, 5) is 18.7. The maximum atomic E-state index is 12.8. The van der Waals surface area contributed by atoms with Crippen LogP contribution in [0.4, 0.5) is 13.2 Å². The van der Waals surface area contributed by atoms with Crippen LogP contribution in [0.15, 0.2) is 41.6 Å². The third kappa shape index (κ3) is 4.75. The minimum absolute atomic E-state index is 0. The number of fused-ring (bicyclic) bond motifs is 1. The third-order valence-corrected chi connectivity index (χ3v) is 4.76. The minimum Gasteiger partial charge on any atom is -1.00 e. The van der Waals surface area contributed by atoms with Gasteiger partial charge < -0.3 is 22.1 Å². The summed E-state index contributed by atoms with van der Waals surface area (Å²) >= 11 is 1.32. The van der Waals surface area contributed by atoms with E-state index in [1.165, 1.54) is 31.9 Å². The minimum atomic E-state index is -4.40. The van der Waals surface area contributed by atoms with Gasteiger partial charge in [-0.05, 0) is 43.3 Å². The molecular formula is C18H15ClF3N2O2S-. The van der Waals surface area contributed by atoms with E-state index < -0.39 is 11.7 Å². The number of carbonyl (C=O) groups is 1. The number of ketones is 1. The molecule has 3 aromatic rings. The molecule has 0 aliphatic rings. The Morgan fingerprint density at radius 2 is 1.96 bits per heavy atom. The number of ether oxygens (including phenoxy) is 1. The van der Waals surface area contributed by atoms with E-state index in [0.717, 1.165) is 17.7 Å². The quantitative estimate of drug-likeness (QED) is 0.512. The molecule has 0 fully saturated rings. The molecule has 0 saturated heterocycles. The largest absolute Gasteiger partial charge is 1.00 e. The van der Waals surface area contributed by atoms with E-state index in [-0.39, 0.29) is 18.2 Å². The van der Waals surface area contributed by atoms with Crippen molar-refractivity contribution in [3.8, 4) is 5.75 Å². The Hall–Kier alpha value is -2.19. The highest BCUT2D eigenvalue weighted by Crippen LogP contribution is 2.33. The molecule has 1 aromatic heterocycles. The van der Waals surface area contributed by atoms with Gasteiger partial charge in [0.15, 0.2) is 10.9 Å². The first-order valence-electron chi connectivity index (χ1n) is 7.65. The van der Waals surface area contributed by atoms with Crippen LogP contribution in [0, 0.1) is 0 Å². The molecule has 1 heterocycles. The summed E-state index contributed by atoms with van der Waals surface area (Å²) in [6.45, 7) is 1.48. The Balaban J connectivity index is 0.00000261. The first kappa shape index (κ1) is 21.1. The van der Waals surface area contributed by atoms with Gasteiger partial charge in [-0.1, -0.05) is 11.8 Å². The maximum Gasteiger partial charge on any atom is 0.416 e. The number of nitrogens with one attached hydrogen (secondary N) is 1. The number of rotatable bonds is 5. The first-order valence-corrected chi connectivity index (χ1v) is 8.64. The van der Waals surface area contributed by atoms with Gasteiger partial charge in [0.25, 0.3) is 0 Å². The fourth-order valence-corrected chi connectivity index (χ4v) is 3.35. The van der Waals surface area contributed by atoms with E-state index in [1.807, 2.05) is 0 Å². The van der Waals surface area contributed by atoms with Gasteiger partial charge in [0.05, 0.1) is 23.7 Å². The fraction of sp³-hybridized carbons (Fsp3) is 0.222. The average molecular weight is 416 g/mol. The van der Waals surface area contributed by atoms with Crippen molar-refractivity contribution in [2.45, 2.75) is 24.0 Å². The first-order chi connectivity index (χ1) is 12.3. The molecule has 0 aliphatic carbocycles. The number of aromatic amines is 1. The summed E-state index contributed by atoms with van der Waals surface area (Å²) in [5, 5.41) is 0.495. The van der Waals surface area contributed by atoms with Crippen molar-refractivity contribution < 1.29 is 35.1 Å². The summed E-state index contributed by atoms with van der Waals surface area (Å²) in [5.74, 6) is 1.04. The second-order valence-corrected chi connectivity index (χ2v) is 6.61. The number of alkyl halides is 3. The number of halogens is 4. The van der Waals surface area contributed by atoms with Gasteiger partial charge in [-0.25, -0.2) is 4.98 Å². The summed E-state index contributed by atoms with van der Waals surface area (Å²) in [6, 6.07) is 8.56. The van der Waals surface area contributed by atoms with Crippen molar-refractivity contribution in [3.63, 3.8) is 0 Å². The summed E-state index contributed by atoms with van der Waals surface area (Å²) in [7, 11) is 1.54. The van der Waals surface area contributed by atoms with Crippen LogP contribution < -0.4 is 17.1 Å². The van der Waals surface area contributed by atoms with Gasteiger partial charge >= 0.3 is 6.18 Å². The molecule has 0 aliphatic heterocycles. The molecule has 4 nitrogen and oxygen atoms in total. The number of imidazole rings is 1. The predicted molar refractivity (Wildman–Crippen MR) is 93.7 cm³/mol. The number of Topliss-reactive ketones (excluding diaryl/α,β-unsaturated/α-hetero) is 1. The molecular weight excluding hydrogens is 401 g/mol. The molecule has 0 spiro atoms. The summed E-state index contributed by atoms with van der Waals surface area (Å²) in [6.07, 6.45) is -4.40. The van der Waals surface area contributed by atoms with E-state index in [2.05, 4.69) is 9.97 Å². The Labute approximate surface area is 163 Å². The zero-order chi connectivity index (χ0) is 18.9. The number of aromatic nitrogens is 2. The van der Waals surface area contributed by atoms with E-state index in [4.69, 9.17) is 4.74 Å². The lowest BCUT2D eigenvalue weighted by molar-refractivity contribution is -0.137. The number of hydrogen-bond acceptors (Lipinski definition) is 4. The average Bonchev–Trinajstić information content (AvgIpc) is 3.00. The van der Waals surface area contributed by atoms with E-state index in [9.17, 15) is 18.0 Å². The molecule has 0 saturated carbocycles. The zero-order valence-corrected chi connectivity index (χ0v) is 15.9. The van der Waals surface area contributed by atoms with Gasteiger partial charge in [-0.15, -0.1) is 0 Å². The Kier molecular flexibility index (Phi) is 6.43. The van der Waals surface area contributed by atoms with Crippen molar-refractivity contribution in [1.29, 1.82) is 0 Å². The van der Waals surface area contributed by atoms with Gasteiger partial charge in [-0.2, -0.15) is 13.2 Å². The van der Waals surface area contributed by atoms with E-state index >= 15 is 0 Å². The molecule has 9 heteroatoms. The smallest absolute Gasteiger partial charge is 0.416 e. The molecule has 0 atom stereocenters. The van der Waals surface area contributed by atoms with Crippen LogP contribution in [0.2, 0.25) is 0 Å². The highest BCUT2D eigenvalue weighted by atomic mass is 35.5. The number of methoxy groups -OCH3 is 1. The normalized spacial score (nSPS) is 11.3. The molecule has 1 N–H and O–H groups in total. The lowest BCUT2D eigenvalue weighted by Crippen LogP contribution is -3.00. The SMILES string of the molecule is COc1ccc(C(C)=O)cc1CSc1nc2ccc(C(F)(F)F)cc2[nH]1.[Cl-]. The van der Waals surface area contributed by atoms with Crippen LogP contribution in [-0.4, -0.2) is 22.9 Å². The van der Waals surface area contributed by atoms with Gasteiger partial charge in [0.1, 0.15) is 5.75 Å². The van der Waals surface area contributed by atoms with Crippen molar-refractivity contribution >= 4 is 28.6 Å². The molecule has 3 rings (SSSR count). The summed E-state index contributed by atoms with van der Waals surface area (Å²) < 4.78 is 43.7. The molecule has 0 bridgehead atoms. The van der Waals surface area contributed by atoms with E-state index in [0.29, 0.717) is 33.3 Å². The second kappa shape index (κ2) is 8.22. The topological polar surface area (TPSA) is 55.0 Å². The Morgan fingerprint density at radius 1 is 1.22 bits per heavy atom. The van der Waals surface area contributed by atoms with Crippen molar-refractivity contribution in [3.05, 3.63) is 53.1 Å². The highest BCUT2D eigenvalue weighted by Gasteiger charge is 2.30. The summed E-state index contributed by atoms with van der Waals surface area (Å²) in [5.41, 5.74) is 1.44. The molecule has 27 heavy (non-hydrogen) atoms. The molecule has 2 aromatic carbocycles. The van der Waals surface area contributed by atoms with Crippen molar-refractivity contribution in [2.75, 3.05) is 7.11 Å². The van der Waals surface area contributed by atoms with Crippen LogP contribution >= 0.6 is 11.8 Å². The van der Waals surface area contributed by atoms with Crippen LogP contribution in [0.1, 0.15) is 28.4 Å². The highest BCUT2D eigenvalue weighted by molar-refractivity contribution is 7.98. The van der Waals surface area contributed by atoms with Gasteiger partial charge in [-0.3, -0.25) is 4.79 Å². The number of H-pyrrole nitrogens is 1. The number of hydrogen-bond donors (Lipinski definition) is 1. The number of benzene rings is 2. The number of nitrogens with zero attached hydrogens (tertiary/aromatic N) is 1. The molecule has 144 valence electrons. The van der Waals surface area contributed by atoms with E-state index in [1.54, 1.807) is 18.2 Å². The third-order valence-electron chi connectivity index (χ3n) is 3.84.